The first-order chi connectivity index (χ1) is 10.5. The molecule has 0 saturated heterocycles. The summed E-state index contributed by atoms with van der Waals surface area (Å²) in [6.07, 6.45) is 0. The van der Waals surface area contributed by atoms with Crippen molar-refractivity contribution in [3.63, 3.8) is 0 Å². The van der Waals surface area contributed by atoms with Crippen molar-refractivity contribution in [3.8, 4) is 0 Å². The Labute approximate surface area is 138 Å². The molecule has 0 unspecified atom stereocenters. The molecule has 2 aromatic rings. The minimum atomic E-state index is -0.348. The van der Waals surface area contributed by atoms with Gasteiger partial charge in [-0.2, -0.15) is 0 Å². The van der Waals surface area contributed by atoms with E-state index in [1.54, 1.807) is 30.3 Å². The van der Waals surface area contributed by atoms with Gasteiger partial charge in [0.05, 0.1) is 16.6 Å². The van der Waals surface area contributed by atoms with Gasteiger partial charge >= 0.3 is 0 Å². The van der Waals surface area contributed by atoms with E-state index in [0.717, 1.165) is 5.56 Å². The fraction of sp³-hybridized carbons (Fsp3) is 0.125. The van der Waals surface area contributed by atoms with Gasteiger partial charge in [0.15, 0.2) is 0 Å². The average Bonchev–Trinajstić information content (AvgIpc) is 2.49. The predicted octanol–water partition coefficient (Wildman–Crippen LogP) is 3.67. The minimum absolute atomic E-state index is 0.132. The number of rotatable bonds is 4. The van der Waals surface area contributed by atoms with Crippen molar-refractivity contribution >= 4 is 40.7 Å². The first-order valence-electron chi connectivity index (χ1n) is 6.55. The second-order valence-corrected chi connectivity index (χ2v) is 5.54. The third-order valence-electron chi connectivity index (χ3n) is 2.93. The highest BCUT2D eigenvalue weighted by Crippen LogP contribution is 2.24. The minimum Gasteiger partial charge on any atom is -0.343 e. The molecule has 0 saturated carbocycles. The Kier molecular flexibility index (Phi) is 5.41. The predicted molar refractivity (Wildman–Crippen MR) is 88.6 cm³/mol. The molecule has 2 aromatic carbocycles. The quantitative estimate of drug-likeness (QED) is 0.894. The first kappa shape index (κ1) is 16.3. The lowest BCUT2D eigenvalue weighted by molar-refractivity contribution is -0.115. The maximum Gasteiger partial charge on any atom is 0.251 e. The smallest absolute Gasteiger partial charge is 0.251 e. The van der Waals surface area contributed by atoms with Gasteiger partial charge in [-0.1, -0.05) is 40.9 Å². The van der Waals surface area contributed by atoms with Crippen LogP contribution < -0.4 is 10.6 Å². The summed E-state index contributed by atoms with van der Waals surface area (Å²) in [6.45, 7) is 1.80. The third kappa shape index (κ3) is 4.48. The maximum absolute atomic E-state index is 11.9. The van der Waals surface area contributed by atoms with Gasteiger partial charge in [-0.05, 0) is 37.3 Å². The zero-order valence-corrected chi connectivity index (χ0v) is 13.3. The van der Waals surface area contributed by atoms with Crippen LogP contribution in [-0.4, -0.2) is 18.4 Å². The van der Waals surface area contributed by atoms with E-state index in [2.05, 4.69) is 10.6 Å². The largest absolute Gasteiger partial charge is 0.343 e. The molecule has 0 aliphatic carbocycles. The van der Waals surface area contributed by atoms with Gasteiger partial charge in [0, 0.05) is 11.3 Å². The second kappa shape index (κ2) is 7.29. The van der Waals surface area contributed by atoms with Gasteiger partial charge in [0.25, 0.3) is 5.91 Å². The van der Waals surface area contributed by atoms with Crippen molar-refractivity contribution in [2.75, 3.05) is 11.9 Å². The lowest BCUT2D eigenvalue weighted by atomic mass is 10.1. The topological polar surface area (TPSA) is 58.2 Å². The summed E-state index contributed by atoms with van der Waals surface area (Å²) < 4.78 is 0. The summed E-state index contributed by atoms with van der Waals surface area (Å²) in [5, 5.41) is 5.94. The molecule has 0 radical (unpaired) electrons. The third-order valence-corrected chi connectivity index (χ3v) is 3.67. The Morgan fingerprint density at radius 3 is 2.32 bits per heavy atom. The molecule has 114 valence electrons. The molecule has 0 spiro atoms. The van der Waals surface area contributed by atoms with Crippen LogP contribution in [0.5, 0.6) is 0 Å². The zero-order chi connectivity index (χ0) is 16.1. The highest BCUT2D eigenvalue weighted by Gasteiger charge is 2.08. The van der Waals surface area contributed by atoms with Gasteiger partial charge in [-0.3, -0.25) is 9.59 Å². The van der Waals surface area contributed by atoms with Crippen molar-refractivity contribution < 1.29 is 9.59 Å². The number of hydrogen-bond acceptors (Lipinski definition) is 2. The van der Waals surface area contributed by atoms with E-state index < -0.39 is 0 Å². The van der Waals surface area contributed by atoms with E-state index >= 15 is 0 Å². The van der Waals surface area contributed by atoms with Crippen molar-refractivity contribution in [2.45, 2.75) is 6.92 Å². The highest BCUT2D eigenvalue weighted by atomic mass is 35.5. The van der Waals surface area contributed by atoms with Crippen LogP contribution in [0.4, 0.5) is 5.69 Å². The van der Waals surface area contributed by atoms with Crippen molar-refractivity contribution in [2.24, 2.45) is 0 Å². The molecule has 22 heavy (non-hydrogen) atoms. The van der Waals surface area contributed by atoms with Crippen LogP contribution in [0.1, 0.15) is 15.9 Å². The lowest BCUT2D eigenvalue weighted by Crippen LogP contribution is -2.32. The fourth-order valence-electron chi connectivity index (χ4n) is 1.75. The molecule has 0 aromatic heterocycles. The molecule has 0 atom stereocenters. The van der Waals surface area contributed by atoms with Gasteiger partial charge in [0.1, 0.15) is 0 Å². The molecular formula is C16H14Cl2N2O2. The van der Waals surface area contributed by atoms with Crippen LogP contribution >= 0.6 is 23.2 Å². The summed E-state index contributed by atoms with van der Waals surface area (Å²) in [5.41, 5.74) is 2.09. The number of hydrogen-bond donors (Lipinski definition) is 2. The molecule has 2 N–H and O–H groups in total. The normalized spacial score (nSPS) is 10.1. The van der Waals surface area contributed by atoms with Crippen LogP contribution in [0.2, 0.25) is 10.0 Å². The number of nitrogens with one attached hydrogen (secondary N) is 2. The number of amides is 2. The summed E-state index contributed by atoms with van der Waals surface area (Å²) >= 11 is 11.7. The lowest BCUT2D eigenvalue weighted by Gasteiger charge is -2.08. The molecular weight excluding hydrogens is 323 g/mol. The molecule has 2 amide bonds. The van der Waals surface area contributed by atoms with E-state index in [0.29, 0.717) is 21.3 Å². The van der Waals surface area contributed by atoms with Gasteiger partial charge < -0.3 is 10.6 Å². The van der Waals surface area contributed by atoms with Gasteiger partial charge in [-0.25, -0.2) is 0 Å². The molecule has 0 heterocycles. The zero-order valence-electron chi connectivity index (χ0n) is 11.8. The molecule has 6 heteroatoms. The molecule has 0 aliphatic heterocycles. The number of carbonyl (C=O) groups is 2. The first-order valence-corrected chi connectivity index (χ1v) is 7.31. The Bertz CT molecular complexity index is 700. The van der Waals surface area contributed by atoms with E-state index in [-0.39, 0.29) is 18.4 Å². The van der Waals surface area contributed by atoms with E-state index in [1.165, 1.54) is 0 Å². The number of benzene rings is 2. The summed E-state index contributed by atoms with van der Waals surface area (Å²) in [6, 6.07) is 11.9. The molecule has 0 fully saturated rings. The Balaban J connectivity index is 1.88. The Morgan fingerprint density at radius 2 is 1.68 bits per heavy atom. The van der Waals surface area contributed by atoms with Crippen LogP contribution in [-0.2, 0) is 4.79 Å². The molecule has 0 bridgehead atoms. The SMILES string of the molecule is Cc1ccc(C(=O)NCC(=O)Nc2ccc(Cl)c(Cl)c2)cc1. The van der Waals surface area contributed by atoms with Gasteiger partial charge in [-0.15, -0.1) is 0 Å². The summed E-state index contributed by atoms with van der Waals surface area (Å²) in [7, 11) is 0. The number of anilines is 1. The van der Waals surface area contributed by atoms with Crippen molar-refractivity contribution in [1.82, 2.24) is 5.32 Å². The second-order valence-electron chi connectivity index (χ2n) is 4.73. The van der Waals surface area contributed by atoms with Crippen molar-refractivity contribution in [1.29, 1.82) is 0 Å². The summed E-state index contributed by atoms with van der Waals surface area (Å²) in [4.78, 5) is 23.7. The Hall–Kier alpha value is -2.04. The van der Waals surface area contributed by atoms with E-state index in [4.69, 9.17) is 23.2 Å². The molecule has 4 nitrogen and oxygen atoms in total. The monoisotopic (exact) mass is 336 g/mol. The Morgan fingerprint density at radius 1 is 1.00 bits per heavy atom. The van der Waals surface area contributed by atoms with Gasteiger partial charge in [0.2, 0.25) is 5.91 Å². The number of halogens is 2. The van der Waals surface area contributed by atoms with Crippen LogP contribution in [0, 0.1) is 6.92 Å². The maximum atomic E-state index is 11.9. The highest BCUT2D eigenvalue weighted by molar-refractivity contribution is 6.42. The van der Waals surface area contributed by atoms with E-state index in [1.807, 2.05) is 19.1 Å². The van der Waals surface area contributed by atoms with Crippen LogP contribution in [0.15, 0.2) is 42.5 Å². The number of carbonyl (C=O) groups excluding carboxylic acids is 2. The van der Waals surface area contributed by atoms with E-state index in [9.17, 15) is 9.59 Å². The molecule has 2 rings (SSSR count). The van der Waals surface area contributed by atoms with Crippen LogP contribution in [0.25, 0.3) is 0 Å². The van der Waals surface area contributed by atoms with Crippen molar-refractivity contribution in [3.05, 3.63) is 63.6 Å². The standard InChI is InChI=1S/C16H14Cl2N2O2/c1-10-2-4-11(5-3-10)16(22)19-9-15(21)20-12-6-7-13(17)14(18)8-12/h2-8H,9H2,1H3,(H,19,22)(H,20,21). The molecule has 0 aliphatic rings. The van der Waals surface area contributed by atoms with Crippen LogP contribution in [0.3, 0.4) is 0 Å². The number of aryl methyl sites for hydroxylation is 1. The average molecular weight is 337 g/mol. The fourth-order valence-corrected chi connectivity index (χ4v) is 2.04. The summed E-state index contributed by atoms with van der Waals surface area (Å²) in [5.74, 6) is -0.650.